The summed E-state index contributed by atoms with van der Waals surface area (Å²) in [4.78, 5) is 11.2. The van der Waals surface area contributed by atoms with Crippen molar-refractivity contribution in [3.05, 3.63) is 35.4 Å². The van der Waals surface area contributed by atoms with Crippen LogP contribution < -0.4 is 5.32 Å². The number of cyclic esters (lactones) is 1. The van der Waals surface area contributed by atoms with Crippen molar-refractivity contribution in [2.24, 2.45) is 5.41 Å². The molecule has 0 radical (unpaired) electrons. The first-order valence-corrected chi connectivity index (χ1v) is 5.80. The number of ether oxygens (including phenoxy) is 1. The summed E-state index contributed by atoms with van der Waals surface area (Å²) in [5, 5.41) is 2.64. The van der Waals surface area contributed by atoms with Gasteiger partial charge in [0, 0.05) is 5.41 Å². The van der Waals surface area contributed by atoms with Gasteiger partial charge in [0.1, 0.15) is 6.61 Å². The molecule has 1 aromatic rings. The summed E-state index contributed by atoms with van der Waals surface area (Å²) in [5.74, 6) is 0. The van der Waals surface area contributed by atoms with Gasteiger partial charge in [-0.1, -0.05) is 26.0 Å². The van der Waals surface area contributed by atoms with Crippen LogP contribution in [0.4, 0.5) is 18.0 Å². The Hall–Kier alpha value is -1.43. The van der Waals surface area contributed by atoms with Crippen molar-refractivity contribution in [3.63, 3.8) is 0 Å². The molecule has 7 heteroatoms. The SMILES string of the molecule is CC1(C)COC(=O)N[C@@H]1c1ccc(C(F)(F)F)cc1.Cl. The molecule has 0 saturated carbocycles. The molecule has 0 aromatic heterocycles. The Bertz CT molecular complexity index is 485. The van der Waals surface area contributed by atoms with Crippen LogP contribution in [0.2, 0.25) is 0 Å². The fourth-order valence-electron chi connectivity index (χ4n) is 2.09. The lowest BCUT2D eigenvalue weighted by atomic mass is 9.80. The van der Waals surface area contributed by atoms with E-state index in [1.807, 2.05) is 13.8 Å². The molecule has 1 atom stereocenters. The average molecular weight is 310 g/mol. The highest BCUT2D eigenvalue weighted by Gasteiger charge is 2.38. The largest absolute Gasteiger partial charge is 0.449 e. The number of alkyl halides is 3. The van der Waals surface area contributed by atoms with E-state index in [4.69, 9.17) is 4.74 Å². The number of nitrogens with one attached hydrogen (secondary N) is 1. The molecule has 1 aromatic carbocycles. The Labute approximate surface area is 120 Å². The zero-order valence-corrected chi connectivity index (χ0v) is 11.8. The third-order valence-electron chi connectivity index (χ3n) is 3.19. The summed E-state index contributed by atoms with van der Waals surface area (Å²) in [5.41, 5.74) is -0.449. The van der Waals surface area contributed by atoms with Crippen LogP contribution in [0.5, 0.6) is 0 Å². The van der Waals surface area contributed by atoms with Gasteiger partial charge in [0.15, 0.2) is 0 Å². The minimum Gasteiger partial charge on any atom is -0.449 e. The van der Waals surface area contributed by atoms with Gasteiger partial charge in [-0.05, 0) is 17.7 Å². The molecule has 3 nitrogen and oxygen atoms in total. The number of carbonyl (C=O) groups excluding carboxylic acids is 1. The molecule has 1 aliphatic heterocycles. The third-order valence-corrected chi connectivity index (χ3v) is 3.19. The highest BCUT2D eigenvalue weighted by molar-refractivity contribution is 5.85. The zero-order chi connectivity index (χ0) is 14.3. The molecule has 20 heavy (non-hydrogen) atoms. The molecule has 1 heterocycles. The average Bonchev–Trinajstić information content (AvgIpc) is 2.31. The molecular weight excluding hydrogens is 295 g/mol. The molecule has 1 saturated heterocycles. The zero-order valence-electron chi connectivity index (χ0n) is 11.0. The highest BCUT2D eigenvalue weighted by atomic mass is 35.5. The summed E-state index contributed by atoms with van der Waals surface area (Å²) in [6.07, 6.45) is -4.91. The Kier molecular flexibility index (Phi) is 4.59. The van der Waals surface area contributed by atoms with Gasteiger partial charge < -0.3 is 10.1 Å². The second-order valence-corrected chi connectivity index (χ2v) is 5.26. The molecule has 1 fully saturated rings. The van der Waals surface area contributed by atoms with Gasteiger partial charge in [0.25, 0.3) is 0 Å². The monoisotopic (exact) mass is 309 g/mol. The van der Waals surface area contributed by atoms with E-state index in [1.54, 1.807) is 0 Å². The summed E-state index contributed by atoms with van der Waals surface area (Å²) in [6.45, 7) is 3.99. The first kappa shape index (κ1) is 16.6. The number of hydrogen-bond donors (Lipinski definition) is 1. The van der Waals surface area contributed by atoms with Crippen LogP contribution in [0, 0.1) is 5.41 Å². The van der Waals surface area contributed by atoms with Gasteiger partial charge in [-0.3, -0.25) is 0 Å². The summed E-state index contributed by atoms with van der Waals surface area (Å²) >= 11 is 0. The molecule has 0 bridgehead atoms. The molecule has 1 amide bonds. The van der Waals surface area contributed by atoms with Gasteiger partial charge in [-0.2, -0.15) is 13.2 Å². The molecule has 0 unspecified atom stereocenters. The van der Waals surface area contributed by atoms with Crippen molar-refractivity contribution >= 4 is 18.5 Å². The van der Waals surface area contributed by atoms with Crippen LogP contribution in [-0.4, -0.2) is 12.7 Å². The van der Waals surface area contributed by atoms with E-state index in [2.05, 4.69) is 5.32 Å². The van der Waals surface area contributed by atoms with Crippen LogP contribution >= 0.6 is 12.4 Å². The van der Waals surface area contributed by atoms with Crippen molar-refractivity contribution in [1.29, 1.82) is 0 Å². The second-order valence-electron chi connectivity index (χ2n) is 5.26. The predicted octanol–water partition coefficient (Wildman–Crippen LogP) is 3.93. The van der Waals surface area contributed by atoms with E-state index >= 15 is 0 Å². The number of benzene rings is 1. The van der Waals surface area contributed by atoms with E-state index in [9.17, 15) is 18.0 Å². The van der Waals surface area contributed by atoms with E-state index < -0.39 is 17.8 Å². The van der Waals surface area contributed by atoms with Crippen molar-refractivity contribution in [1.82, 2.24) is 5.32 Å². The minimum atomic E-state index is -4.35. The Morgan fingerprint density at radius 1 is 1.25 bits per heavy atom. The molecule has 0 spiro atoms. The van der Waals surface area contributed by atoms with Gasteiger partial charge in [0.2, 0.25) is 0 Å². The fourth-order valence-corrected chi connectivity index (χ4v) is 2.09. The highest BCUT2D eigenvalue weighted by Crippen LogP contribution is 2.37. The summed E-state index contributed by atoms with van der Waals surface area (Å²) in [7, 11) is 0. The lowest BCUT2D eigenvalue weighted by Crippen LogP contribution is -2.46. The maximum absolute atomic E-state index is 12.5. The van der Waals surface area contributed by atoms with Crippen LogP contribution in [0.25, 0.3) is 0 Å². The van der Waals surface area contributed by atoms with Crippen LogP contribution in [0.3, 0.4) is 0 Å². The van der Waals surface area contributed by atoms with Gasteiger partial charge >= 0.3 is 12.3 Å². The minimum absolute atomic E-state index is 0. The lowest BCUT2D eigenvalue weighted by molar-refractivity contribution is -0.137. The van der Waals surface area contributed by atoms with Crippen molar-refractivity contribution in [2.75, 3.05) is 6.61 Å². The first-order chi connectivity index (χ1) is 8.70. The third kappa shape index (κ3) is 3.36. The molecular formula is C13H15ClF3NO2. The molecule has 2 rings (SSSR count). The van der Waals surface area contributed by atoms with Crippen molar-refractivity contribution < 1.29 is 22.7 Å². The quantitative estimate of drug-likeness (QED) is 0.853. The van der Waals surface area contributed by atoms with Crippen LogP contribution in [-0.2, 0) is 10.9 Å². The number of carbonyl (C=O) groups is 1. The van der Waals surface area contributed by atoms with E-state index in [0.29, 0.717) is 5.56 Å². The predicted molar refractivity (Wildman–Crippen MR) is 69.7 cm³/mol. The number of hydrogen-bond acceptors (Lipinski definition) is 2. The van der Waals surface area contributed by atoms with E-state index in [0.717, 1.165) is 12.1 Å². The summed E-state index contributed by atoms with van der Waals surface area (Å²) in [6, 6.07) is 4.46. The standard InChI is InChI=1S/C13H14F3NO2.ClH/c1-12(2)7-19-11(18)17-10(12)8-3-5-9(6-4-8)13(14,15)16;/h3-6,10H,7H2,1-2H3,(H,17,18);1H/t10-;/m1./s1. The van der Waals surface area contributed by atoms with Gasteiger partial charge in [-0.15, -0.1) is 12.4 Å². The van der Waals surface area contributed by atoms with Gasteiger partial charge in [0.05, 0.1) is 11.6 Å². The van der Waals surface area contributed by atoms with Crippen LogP contribution in [0.1, 0.15) is 31.0 Å². The second kappa shape index (κ2) is 5.52. The van der Waals surface area contributed by atoms with Gasteiger partial charge in [-0.25, -0.2) is 4.79 Å². The smallest absolute Gasteiger partial charge is 0.416 e. The number of alkyl carbamates (subject to hydrolysis) is 1. The number of amides is 1. The Morgan fingerprint density at radius 3 is 2.30 bits per heavy atom. The molecule has 1 aliphatic rings. The Balaban J connectivity index is 0.00000200. The van der Waals surface area contributed by atoms with Crippen molar-refractivity contribution in [2.45, 2.75) is 26.1 Å². The maximum atomic E-state index is 12.5. The van der Waals surface area contributed by atoms with Crippen LogP contribution in [0.15, 0.2) is 24.3 Å². The van der Waals surface area contributed by atoms with Crippen molar-refractivity contribution in [3.8, 4) is 0 Å². The first-order valence-electron chi connectivity index (χ1n) is 5.80. The number of rotatable bonds is 1. The molecule has 1 N–H and O–H groups in total. The summed E-state index contributed by atoms with van der Waals surface area (Å²) < 4.78 is 42.4. The normalized spacial score (nSPS) is 21.4. The Morgan fingerprint density at radius 2 is 1.80 bits per heavy atom. The topological polar surface area (TPSA) is 38.3 Å². The maximum Gasteiger partial charge on any atom is 0.416 e. The lowest BCUT2D eigenvalue weighted by Gasteiger charge is -2.38. The molecule has 112 valence electrons. The molecule has 0 aliphatic carbocycles. The number of halogens is 4. The van der Waals surface area contributed by atoms with E-state index in [-0.39, 0.29) is 30.5 Å². The van der Waals surface area contributed by atoms with E-state index in [1.165, 1.54) is 12.1 Å². The fraction of sp³-hybridized carbons (Fsp3) is 0.462.